The smallest absolute Gasteiger partial charge is 0.295 e. The summed E-state index contributed by atoms with van der Waals surface area (Å²) in [6.45, 7) is 4.77. The first-order valence-electron chi connectivity index (χ1n) is 9.35. The molecule has 2 aromatic carbocycles. The summed E-state index contributed by atoms with van der Waals surface area (Å²) in [6.07, 6.45) is 0.608. The van der Waals surface area contributed by atoms with Crippen molar-refractivity contribution in [3.8, 4) is 0 Å². The Kier molecular flexibility index (Phi) is 5.95. The Labute approximate surface area is 165 Å². The van der Waals surface area contributed by atoms with E-state index < -0.39 is 17.7 Å². The fourth-order valence-corrected chi connectivity index (χ4v) is 3.54. The number of carbonyl (C=O) groups excluding carboxylic acids is 2. The summed E-state index contributed by atoms with van der Waals surface area (Å²) in [7, 11) is 1.60. The third-order valence-electron chi connectivity index (χ3n) is 4.97. The second kappa shape index (κ2) is 8.40. The number of amides is 1. The molecule has 0 aromatic heterocycles. The van der Waals surface area contributed by atoms with Gasteiger partial charge in [0.15, 0.2) is 0 Å². The van der Waals surface area contributed by atoms with Crippen LogP contribution in [0, 0.1) is 13.8 Å². The Bertz CT molecular complexity index is 914. The molecule has 0 bridgehead atoms. The fourth-order valence-electron chi connectivity index (χ4n) is 3.54. The highest BCUT2D eigenvalue weighted by molar-refractivity contribution is 6.46. The Morgan fingerprint density at radius 3 is 2.43 bits per heavy atom. The number of rotatable bonds is 6. The third-order valence-corrected chi connectivity index (χ3v) is 4.97. The Balaban J connectivity index is 2.12. The summed E-state index contributed by atoms with van der Waals surface area (Å²) < 4.78 is 5.09. The van der Waals surface area contributed by atoms with Crippen LogP contribution >= 0.6 is 0 Å². The quantitative estimate of drug-likeness (QED) is 0.359. The molecule has 3 rings (SSSR count). The van der Waals surface area contributed by atoms with E-state index >= 15 is 0 Å². The average molecular weight is 379 g/mol. The van der Waals surface area contributed by atoms with Gasteiger partial charge in [-0.3, -0.25) is 9.59 Å². The van der Waals surface area contributed by atoms with Gasteiger partial charge in [-0.25, -0.2) is 0 Å². The van der Waals surface area contributed by atoms with E-state index in [0.29, 0.717) is 25.1 Å². The Hall–Kier alpha value is -2.92. The number of methoxy groups -OCH3 is 1. The minimum absolute atomic E-state index is 0.136. The highest BCUT2D eigenvalue weighted by Gasteiger charge is 2.45. The van der Waals surface area contributed by atoms with Crippen molar-refractivity contribution < 1.29 is 19.4 Å². The average Bonchev–Trinajstić information content (AvgIpc) is 2.93. The van der Waals surface area contributed by atoms with E-state index in [4.69, 9.17) is 4.74 Å². The first-order chi connectivity index (χ1) is 13.4. The first-order valence-corrected chi connectivity index (χ1v) is 9.35. The van der Waals surface area contributed by atoms with Crippen LogP contribution in [-0.2, 0) is 14.3 Å². The zero-order valence-electron chi connectivity index (χ0n) is 16.4. The second-order valence-corrected chi connectivity index (χ2v) is 7.12. The van der Waals surface area contributed by atoms with Crippen LogP contribution in [0.4, 0.5) is 0 Å². The number of hydrogen-bond donors (Lipinski definition) is 1. The van der Waals surface area contributed by atoms with Gasteiger partial charge in [-0.15, -0.1) is 0 Å². The predicted octanol–water partition coefficient (Wildman–Crippen LogP) is 3.76. The van der Waals surface area contributed by atoms with Crippen molar-refractivity contribution in [2.75, 3.05) is 20.3 Å². The van der Waals surface area contributed by atoms with Gasteiger partial charge in [0.05, 0.1) is 11.6 Å². The maximum absolute atomic E-state index is 12.9. The van der Waals surface area contributed by atoms with Gasteiger partial charge < -0.3 is 14.7 Å². The van der Waals surface area contributed by atoms with Gasteiger partial charge >= 0.3 is 0 Å². The van der Waals surface area contributed by atoms with E-state index in [1.807, 2.05) is 50.2 Å². The van der Waals surface area contributed by atoms with Gasteiger partial charge in [-0.1, -0.05) is 59.7 Å². The molecule has 1 N–H and O–H groups in total. The first kappa shape index (κ1) is 19.8. The molecule has 1 heterocycles. The van der Waals surface area contributed by atoms with Crippen LogP contribution < -0.4 is 0 Å². The van der Waals surface area contributed by atoms with Crippen molar-refractivity contribution in [2.45, 2.75) is 26.3 Å². The molecule has 1 saturated heterocycles. The Morgan fingerprint density at radius 2 is 1.79 bits per heavy atom. The van der Waals surface area contributed by atoms with Gasteiger partial charge in [0.25, 0.3) is 11.7 Å². The molecule has 0 aliphatic carbocycles. The SMILES string of the molecule is COCCCN1C(=O)C(=O)/C(=C(\O)c2ccc(C)cc2)C1c1cccc(C)c1. The van der Waals surface area contributed by atoms with E-state index in [9.17, 15) is 14.7 Å². The normalized spacial score (nSPS) is 18.7. The van der Waals surface area contributed by atoms with Crippen molar-refractivity contribution in [1.82, 2.24) is 4.90 Å². The lowest BCUT2D eigenvalue weighted by atomic mass is 9.94. The fraction of sp³-hybridized carbons (Fsp3) is 0.304. The number of likely N-dealkylation sites (tertiary alicyclic amines) is 1. The van der Waals surface area contributed by atoms with Gasteiger partial charge in [0.2, 0.25) is 0 Å². The molecule has 1 amide bonds. The lowest BCUT2D eigenvalue weighted by Gasteiger charge is -2.25. The minimum Gasteiger partial charge on any atom is -0.507 e. The number of nitrogens with zero attached hydrogens (tertiary/aromatic N) is 1. The van der Waals surface area contributed by atoms with Crippen LogP contribution in [0.25, 0.3) is 5.76 Å². The van der Waals surface area contributed by atoms with Crippen LogP contribution in [0.5, 0.6) is 0 Å². The lowest BCUT2D eigenvalue weighted by molar-refractivity contribution is -0.140. The predicted molar refractivity (Wildman–Crippen MR) is 108 cm³/mol. The number of aliphatic hydroxyl groups is 1. The van der Waals surface area contributed by atoms with Crippen LogP contribution in [0.3, 0.4) is 0 Å². The maximum Gasteiger partial charge on any atom is 0.295 e. The highest BCUT2D eigenvalue weighted by Crippen LogP contribution is 2.39. The standard InChI is InChI=1S/C23H25NO4/c1-15-8-10-17(11-9-15)21(25)19-20(18-7-4-6-16(2)14-18)24(12-5-13-28-3)23(27)22(19)26/h4,6-11,14,20,25H,5,12-13H2,1-3H3/b21-19-. The van der Waals surface area contributed by atoms with Crippen molar-refractivity contribution in [3.63, 3.8) is 0 Å². The van der Waals surface area contributed by atoms with E-state index in [1.165, 1.54) is 4.90 Å². The van der Waals surface area contributed by atoms with Gasteiger partial charge in [-0.2, -0.15) is 0 Å². The van der Waals surface area contributed by atoms with Crippen LogP contribution in [0.1, 0.15) is 34.7 Å². The molecular formula is C23H25NO4. The van der Waals surface area contributed by atoms with Crippen molar-refractivity contribution >= 4 is 17.4 Å². The van der Waals surface area contributed by atoms with Crippen LogP contribution in [0.2, 0.25) is 0 Å². The topological polar surface area (TPSA) is 66.8 Å². The molecule has 2 aromatic rings. The third kappa shape index (κ3) is 3.85. The van der Waals surface area contributed by atoms with E-state index in [-0.39, 0.29) is 11.3 Å². The molecular weight excluding hydrogens is 354 g/mol. The summed E-state index contributed by atoms with van der Waals surface area (Å²) in [4.78, 5) is 27.2. The highest BCUT2D eigenvalue weighted by atomic mass is 16.5. The van der Waals surface area contributed by atoms with E-state index in [0.717, 1.165) is 16.7 Å². The molecule has 1 aliphatic heterocycles. The summed E-state index contributed by atoms with van der Waals surface area (Å²) in [5.41, 5.74) is 3.54. The van der Waals surface area contributed by atoms with Crippen LogP contribution in [0.15, 0.2) is 54.1 Å². The van der Waals surface area contributed by atoms with Crippen LogP contribution in [-0.4, -0.2) is 42.0 Å². The number of carbonyl (C=O) groups is 2. The summed E-state index contributed by atoms with van der Waals surface area (Å²) in [6, 6.07) is 14.3. The maximum atomic E-state index is 12.9. The zero-order valence-corrected chi connectivity index (χ0v) is 16.4. The number of Topliss-reactive ketones (excluding diaryl/α,β-unsaturated/α-hetero) is 1. The molecule has 28 heavy (non-hydrogen) atoms. The molecule has 0 radical (unpaired) electrons. The summed E-state index contributed by atoms with van der Waals surface area (Å²) >= 11 is 0. The molecule has 1 atom stereocenters. The number of ketones is 1. The van der Waals surface area contributed by atoms with Gasteiger partial charge in [-0.05, 0) is 25.8 Å². The molecule has 146 valence electrons. The van der Waals surface area contributed by atoms with E-state index in [2.05, 4.69) is 0 Å². The molecule has 0 spiro atoms. The number of hydrogen-bond acceptors (Lipinski definition) is 4. The molecule has 5 heteroatoms. The van der Waals surface area contributed by atoms with Crippen molar-refractivity contribution in [2.24, 2.45) is 0 Å². The molecule has 1 unspecified atom stereocenters. The number of ether oxygens (including phenoxy) is 1. The second-order valence-electron chi connectivity index (χ2n) is 7.12. The lowest BCUT2D eigenvalue weighted by Crippen LogP contribution is -2.31. The number of aryl methyl sites for hydroxylation is 2. The summed E-state index contributed by atoms with van der Waals surface area (Å²) in [5.74, 6) is -1.38. The molecule has 1 aliphatic rings. The molecule has 5 nitrogen and oxygen atoms in total. The minimum atomic E-state index is -0.651. The van der Waals surface area contributed by atoms with Gasteiger partial charge in [0, 0.05) is 25.8 Å². The largest absolute Gasteiger partial charge is 0.507 e. The zero-order chi connectivity index (χ0) is 20.3. The van der Waals surface area contributed by atoms with E-state index in [1.54, 1.807) is 19.2 Å². The summed E-state index contributed by atoms with van der Waals surface area (Å²) in [5, 5.41) is 10.9. The monoisotopic (exact) mass is 379 g/mol. The Morgan fingerprint density at radius 1 is 1.07 bits per heavy atom. The molecule has 1 fully saturated rings. The van der Waals surface area contributed by atoms with Crippen molar-refractivity contribution in [1.29, 1.82) is 0 Å². The number of aliphatic hydroxyl groups excluding tert-OH is 1. The molecule has 0 saturated carbocycles. The number of benzene rings is 2. The van der Waals surface area contributed by atoms with Crippen molar-refractivity contribution in [3.05, 3.63) is 76.4 Å². The van der Waals surface area contributed by atoms with Gasteiger partial charge in [0.1, 0.15) is 5.76 Å².